The summed E-state index contributed by atoms with van der Waals surface area (Å²) in [7, 11) is 0. The minimum Gasteiger partial charge on any atom is -0.466 e. The summed E-state index contributed by atoms with van der Waals surface area (Å²) in [5, 5.41) is 9.88. The van der Waals surface area contributed by atoms with E-state index in [1.54, 1.807) is 66.4 Å². The van der Waals surface area contributed by atoms with Crippen molar-refractivity contribution in [1.29, 1.82) is 5.26 Å². The van der Waals surface area contributed by atoms with Gasteiger partial charge in [0.15, 0.2) is 0 Å². The number of esters is 1. The quantitative estimate of drug-likeness (QED) is 0.187. The molecule has 3 aromatic carbocycles. The summed E-state index contributed by atoms with van der Waals surface area (Å²) >= 11 is 3.23. The number of aromatic nitrogens is 1. The Morgan fingerprint density at radius 1 is 1.08 bits per heavy atom. The molecule has 0 bridgehead atoms. The molecular weight excluding hydrogens is 494 g/mol. The number of hydrogen-bond donors (Lipinski definition) is 0. The Morgan fingerprint density at radius 3 is 2.58 bits per heavy atom. The van der Waals surface area contributed by atoms with E-state index in [1.807, 2.05) is 36.4 Å². The molecule has 0 fully saturated rings. The van der Waals surface area contributed by atoms with E-state index >= 15 is 0 Å². The number of carbonyl (C=O) groups excluding carboxylic acids is 2. The van der Waals surface area contributed by atoms with Gasteiger partial charge in [0.2, 0.25) is 0 Å². The fourth-order valence-corrected chi connectivity index (χ4v) is 5.22. The molecule has 9 heteroatoms. The molecule has 0 unspecified atom stereocenters. The number of ether oxygens (including phenoxy) is 2. The molecule has 0 N–H and O–H groups in total. The molecular formula is C27H23N3O4S2. The second-order valence-electron chi connectivity index (χ2n) is 7.57. The van der Waals surface area contributed by atoms with Crippen molar-refractivity contribution in [1.82, 2.24) is 4.98 Å². The second-order valence-corrected chi connectivity index (χ2v) is 9.74. The minimum atomic E-state index is -0.586. The van der Waals surface area contributed by atoms with E-state index in [9.17, 15) is 9.59 Å². The molecule has 4 aromatic rings. The summed E-state index contributed by atoms with van der Waals surface area (Å²) in [4.78, 5) is 32.1. The van der Waals surface area contributed by atoms with Gasteiger partial charge >= 0.3 is 12.1 Å². The highest BCUT2D eigenvalue weighted by Crippen LogP contribution is 2.31. The van der Waals surface area contributed by atoms with Crippen LogP contribution in [0.4, 0.5) is 10.5 Å². The first kappa shape index (κ1) is 25.2. The molecule has 0 radical (unpaired) electrons. The smallest absolute Gasteiger partial charge is 0.419 e. The van der Waals surface area contributed by atoms with Crippen LogP contribution in [0.15, 0.2) is 77.7 Å². The van der Waals surface area contributed by atoms with Crippen LogP contribution in [0.2, 0.25) is 0 Å². The van der Waals surface area contributed by atoms with Crippen molar-refractivity contribution < 1.29 is 19.1 Å². The number of nitrogens with zero attached hydrogens (tertiary/aromatic N) is 3. The van der Waals surface area contributed by atoms with Crippen molar-refractivity contribution in [2.24, 2.45) is 0 Å². The number of anilines is 1. The van der Waals surface area contributed by atoms with Crippen molar-refractivity contribution >= 4 is 51.1 Å². The molecule has 0 saturated carbocycles. The lowest BCUT2D eigenvalue weighted by Gasteiger charge is -2.21. The molecule has 0 atom stereocenters. The van der Waals surface area contributed by atoms with Gasteiger partial charge in [-0.3, -0.25) is 9.69 Å². The van der Waals surface area contributed by atoms with Crippen LogP contribution in [0.25, 0.3) is 10.2 Å². The summed E-state index contributed by atoms with van der Waals surface area (Å²) < 4.78 is 11.6. The lowest BCUT2D eigenvalue weighted by atomic mass is 10.2. The van der Waals surface area contributed by atoms with Gasteiger partial charge in [-0.25, -0.2) is 9.78 Å². The molecule has 0 saturated heterocycles. The van der Waals surface area contributed by atoms with Crippen molar-refractivity contribution in [3.05, 3.63) is 83.4 Å². The number of fused-ring (bicyclic) bond motifs is 1. The zero-order valence-corrected chi connectivity index (χ0v) is 21.2. The van der Waals surface area contributed by atoms with Crippen LogP contribution < -0.4 is 9.64 Å². The molecule has 7 nitrogen and oxygen atoms in total. The number of thiazole rings is 1. The lowest BCUT2D eigenvalue weighted by molar-refractivity contribution is -0.142. The molecule has 1 heterocycles. The number of benzene rings is 3. The van der Waals surface area contributed by atoms with E-state index in [1.165, 1.54) is 4.90 Å². The van der Waals surface area contributed by atoms with E-state index in [0.29, 0.717) is 22.8 Å². The number of thioether (sulfide) groups is 1. The van der Waals surface area contributed by atoms with E-state index in [4.69, 9.17) is 19.7 Å². The van der Waals surface area contributed by atoms with Crippen molar-refractivity contribution in [2.75, 3.05) is 18.1 Å². The molecule has 182 valence electrons. The van der Waals surface area contributed by atoms with E-state index < -0.39 is 6.09 Å². The van der Waals surface area contributed by atoms with Gasteiger partial charge in [0.25, 0.3) is 0 Å². The van der Waals surface area contributed by atoms with Gasteiger partial charge in [0, 0.05) is 23.2 Å². The van der Waals surface area contributed by atoms with Crippen molar-refractivity contribution in [2.45, 2.75) is 24.0 Å². The Bertz CT molecular complexity index is 1380. The molecule has 1 amide bonds. The Labute approximate surface area is 217 Å². The predicted octanol–water partition coefficient (Wildman–Crippen LogP) is 6.42. The highest BCUT2D eigenvalue weighted by Gasteiger charge is 2.20. The molecule has 4 rings (SSSR count). The Kier molecular flexibility index (Phi) is 8.55. The number of amides is 1. The second kappa shape index (κ2) is 12.2. The molecule has 36 heavy (non-hydrogen) atoms. The largest absolute Gasteiger partial charge is 0.466 e. The van der Waals surface area contributed by atoms with Crippen LogP contribution >= 0.6 is 23.1 Å². The van der Waals surface area contributed by atoms with E-state index in [-0.39, 0.29) is 25.5 Å². The molecule has 0 aliphatic carbocycles. The van der Waals surface area contributed by atoms with Crippen LogP contribution in [-0.4, -0.2) is 30.2 Å². The number of nitriles is 1. The highest BCUT2D eigenvalue weighted by atomic mass is 32.2. The fraction of sp³-hybridized carbons (Fsp3) is 0.185. The van der Waals surface area contributed by atoms with Crippen LogP contribution in [-0.2, 0) is 15.3 Å². The summed E-state index contributed by atoms with van der Waals surface area (Å²) in [5.74, 6) is 0.693. The predicted molar refractivity (Wildman–Crippen MR) is 141 cm³/mol. The van der Waals surface area contributed by atoms with Gasteiger partial charge < -0.3 is 9.47 Å². The summed E-state index contributed by atoms with van der Waals surface area (Å²) in [6.45, 7) is 2.17. The third kappa shape index (κ3) is 6.62. The van der Waals surface area contributed by atoms with Gasteiger partial charge in [0.05, 0.1) is 40.6 Å². The van der Waals surface area contributed by atoms with Gasteiger partial charge in [0.1, 0.15) is 10.8 Å². The maximum Gasteiger partial charge on any atom is 0.419 e. The average molecular weight is 518 g/mol. The number of rotatable bonds is 9. The molecule has 0 aliphatic rings. The van der Waals surface area contributed by atoms with Gasteiger partial charge in [-0.2, -0.15) is 5.26 Å². The molecule has 0 spiro atoms. The fourth-order valence-electron chi connectivity index (χ4n) is 3.38. The Morgan fingerprint density at radius 2 is 1.86 bits per heavy atom. The van der Waals surface area contributed by atoms with Crippen molar-refractivity contribution in [3.63, 3.8) is 0 Å². The van der Waals surface area contributed by atoms with Gasteiger partial charge in [-0.05, 0) is 55.5 Å². The Balaban J connectivity index is 1.44. The summed E-state index contributed by atoms with van der Waals surface area (Å²) in [5.41, 5.74) is 2.01. The lowest BCUT2D eigenvalue weighted by Crippen LogP contribution is -2.35. The first-order valence-electron chi connectivity index (χ1n) is 11.3. The number of carbonyl (C=O) groups is 2. The monoisotopic (exact) mass is 517 g/mol. The van der Waals surface area contributed by atoms with E-state index in [0.717, 1.165) is 20.1 Å². The highest BCUT2D eigenvalue weighted by molar-refractivity contribution is 7.98. The van der Waals surface area contributed by atoms with Crippen LogP contribution in [0.5, 0.6) is 5.75 Å². The number of hydrogen-bond acceptors (Lipinski definition) is 8. The van der Waals surface area contributed by atoms with Crippen LogP contribution in [0.3, 0.4) is 0 Å². The number of para-hydroxylation sites is 1. The molecule has 1 aromatic heterocycles. The van der Waals surface area contributed by atoms with Crippen LogP contribution in [0, 0.1) is 11.3 Å². The van der Waals surface area contributed by atoms with Crippen LogP contribution in [0.1, 0.15) is 23.9 Å². The van der Waals surface area contributed by atoms with Gasteiger partial charge in [-0.1, -0.05) is 18.2 Å². The SMILES string of the molecule is CCOC(=O)CCN(C(=O)Oc1ccc2sc(CSc3ccc(C#N)cc3)nc2c1)c1ccccc1. The van der Waals surface area contributed by atoms with Gasteiger partial charge in [-0.15, -0.1) is 23.1 Å². The summed E-state index contributed by atoms with van der Waals surface area (Å²) in [6.07, 6.45) is -0.528. The Hall–Kier alpha value is -3.87. The minimum absolute atomic E-state index is 0.0588. The third-order valence-corrected chi connectivity index (χ3v) is 7.33. The average Bonchev–Trinajstić information content (AvgIpc) is 3.31. The topological polar surface area (TPSA) is 92.5 Å². The maximum atomic E-state index is 13.0. The maximum absolute atomic E-state index is 13.0. The first-order chi connectivity index (χ1) is 17.6. The summed E-state index contributed by atoms with van der Waals surface area (Å²) in [6, 6.07) is 24.0. The normalized spacial score (nSPS) is 10.6. The zero-order chi connectivity index (χ0) is 25.3. The van der Waals surface area contributed by atoms with Crippen molar-refractivity contribution in [3.8, 4) is 11.8 Å². The first-order valence-corrected chi connectivity index (χ1v) is 13.1. The standard InChI is InChI=1S/C27H23N3O4S2/c1-2-33-26(31)14-15-30(20-6-4-3-5-7-20)27(32)34-21-10-13-24-23(16-21)29-25(36-24)18-35-22-11-8-19(17-28)9-12-22/h3-13,16H,2,14-15,18H2,1H3. The third-order valence-electron chi connectivity index (χ3n) is 5.09. The van der Waals surface area contributed by atoms with E-state index in [2.05, 4.69) is 6.07 Å². The molecule has 0 aliphatic heterocycles. The zero-order valence-electron chi connectivity index (χ0n) is 19.5.